The van der Waals surface area contributed by atoms with Crippen molar-refractivity contribution in [2.45, 2.75) is 39.3 Å². The highest BCUT2D eigenvalue weighted by Gasteiger charge is 2.30. The van der Waals surface area contributed by atoms with Gasteiger partial charge < -0.3 is 15.0 Å². The van der Waals surface area contributed by atoms with E-state index in [9.17, 15) is 0 Å². The third kappa shape index (κ3) is 3.64. The normalized spacial score (nSPS) is 17.2. The SMILES string of the molecule is C=CC(=C(C)C)c1nn(-c2ccc(N3CC(NC4COC4)C3)cc2)cc1CC. The van der Waals surface area contributed by atoms with Crippen LogP contribution < -0.4 is 10.2 Å². The fourth-order valence-corrected chi connectivity index (χ4v) is 3.84. The summed E-state index contributed by atoms with van der Waals surface area (Å²) in [5.41, 5.74) is 7.01. The Bertz CT molecular complexity index is 867. The van der Waals surface area contributed by atoms with Crippen molar-refractivity contribution in [3.8, 4) is 5.69 Å². The smallest absolute Gasteiger partial charge is 0.0958 e. The molecule has 2 aliphatic heterocycles. The van der Waals surface area contributed by atoms with Crippen LogP contribution in [0, 0.1) is 0 Å². The number of nitrogens with zero attached hydrogens (tertiary/aromatic N) is 3. The van der Waals surface area contributed by atoms with Gasteiger partial charge in [-0.2, -0.15) is 5.10 Å². The van der Waals surface area contributed by atoms with Crippen molar-refractivity contribution < 1.29 is 4.74 Å². The molecule has 0 unspecified atom stereocenters. The monoisotopic (exact) mass is 378 g/mol. The quantitative estimate of drug-likeness (QED) is 0.748. The zero-order valence-electron chi connectivity index (χ0n) is 17.1. The Morgan fingerprint density at radius 3 is 2.39 bits per heavy atom. The van der Waals surface area contributed by atoms with Crippen LogP contribution >= 0.6 is 0 Å². The summed E-state index contributed by atoms with van der Waals surface area (Å²) in [6.45, 7) is 14.2. The van der Waals surface area contributed by atoms with Crippen molar-refractivity contribution in [1.82, 2.24) is 15.1 Å². The second kappa shape index (κ2) is 7.94. The fraction of sp³-hybridized carbons (Fsp3) is 0.435. The third-order valence-corrected chi connectivity index (χ3v) is 5.64. The molecule has 0 amide bonds. The molecule has 0 atom stereocenters. The lowest BCUT2D eigenvalue weighted by Gasteiger charge is -2.44. The van der Waals surface area contributed by atoms with E-state index in [0.29, 0.717) is 12.1 Å². The van der Waals surface area contributed by atoms with Gasteiger partial charge in [0.25, 0.3) is 0 Å². The largest absolute Gasteiger partial charge is 0.378 e. The van der Waals surface area contributed by atoms with E-state index in [1.807, 2.05) is 10.8 Å². The topological polar surface area (TPSA) is 42.3 Å². The van der Waals surface area contributed by atoms with Crippen molar-refractivity contribution in [2.24, 2.45) is 0 Å². The van der Waals surface area contributed by atoms with Gasteiger partial charge in [0.1, 0.15) is 0 Å². The van der Waals surface area contributed by atoms with Crippen molar-refractivity contribution in [2.75, 3.05) is 31.2 Å². The van der Waals surface area contributed by atoms with Crippen LogP contribution in [0.4, 0.5) is 5.69 Å². The van der Waals surface area contributed by atoms with Crippen LogP contribution in [0.15, 0.2) is 48.7 Å². The molecule has 0 spiro atoms. The van der Waals surface area contributed by atoms with Gasteiger partial charge in [0, 0.05) is 36.6 Å². The van der Waals surface area contributed by atoms with Gasteiger partial charge in [0.15, 0.2) is 0 Å². The molecule has 0 radical (unpaired) electrons. The highest BCUT2D eigenvalue weighted by atomic mass is 16.5. The number of aromatic nitrogens is 2. The summed E-state index contributed by atoms with van der Waals surface area (Å²) in [6, 6.07) is 9.83. The number of nitrogens with one attached hydrogen (secondary N) is 1. The molecule has 2 fully saturated rings. The first-order chi connectivity index (χ1) is 13.6. The second-order valence-corrected chi connectivity index (χ2v) is 7.94. The van der Waals surface area contributed by atoms with E-state index < -0.39 is 0 Å². The van der Waals surface area contributed by atoms with Gasteiger partial charge >= 0.3 is 0 Å². The molecule has 2 saturated heterocycles. The molecular weight excluding hydrogens is 348 g/mol. The number of allylic oxidation sites excluding steroid dienone is 3. The summed E-state index contributed by atoms with van der Waals surface area (Å²) in [5.74, 6) is 0. The summed E-state index contributed by atoms with van der Waals surface area (Å²) < 4.78 is 7.22. The second-order valence-electron chi connectivity index (χ2n) is 7.94. The Hall–Kier alpha value is -2.37. The van der Waals surface area contributed by atoms with Crippen molar-refractivity contribution >= 4 is 11.3 Å². The maximum absolute atomic E-state index is 5.23. The summed E-state index contributed by atoms with van der Waals surface area (Å²) in [4.78, 5) is 2.41. The molecule has 28 heavy (non-hydrogen) atoms. The van der Waals surface area contributed by atoms with Crippen LogP contribution in [-0.2, 0) is 11.2 Å². The van der Waals surface area contributed by atoms with Gasteiger partial charge in [-0.25, -0.2) is 4.68 Å². The summed E-state index contributed by atoms with van der Waals surface area (Å²) in [5, 5.41) is 8.50. The Morgan fingerprint density at radius 1 is 1.18 bits per heavy atom. The molecule has 1 aromatic carbocycles. The first-order valence-corrected chi connectivity index (χ1v) is 10.2. The Morgan fingerprint density at radius 2 is 1.86 bits per heavy atom. The number of ether oxygens (including phenoxy) is 1. The maximum atomic E-state index is 5.23. The van der Waals surface area contributed by atoms with Gasteiger partial charge in [-0.1, -0.05) is 25.2 Å². The number of rotatable bonds is 7. The number of hydrogen-bond donors (Lipinski definition) is 1. The van der Waals surface area contributed by atoms with Gasteiger partial charge in [0.2, 0.25) is 0 Å². The minimum Gasteiger partial charge on any atom is -0.378 e. The highest BCUT2D eigenvalue weighted by Crippen LogP contribution is 2.26. The predicted molar refractivity (Wildman–Crippen MR) is 115 cm³/mol. The third-order valence-electron chi connectivity index (χ3n) is 5.64. The van der Waals surface area contributed by atoms with E-state index in [1.54, 1.807) is 0 Å². The van der Waals surface area contributed by atoms with E-state index >= 15 is 0 Å². The molecule has 5 heteroatoms. The van der Waals surface area contributed by atoms with E-state index in [4.69, 9.17) is 9.84 Å². The molecule has 3 heterocycles. The minimum absolute atomic E-state index is 0.553. The van der Waals surface area contributed by atoms with Crippen LogP contribution in [0.3, 0.4) is 0 Å². The molecule has 148 valence electrons. The number of benzene rings is 1. The fourth-order valence-electron chi connectivity index (χ4n) is 3.84. The number of hydrogen-bond acceptors (Lipinski definition) is 4. The first-order valence-electron chi connectivity index (χ1n) is 10.2. The zero-order valence-corrected chi connectivity index (χ0v) is 17.1. The number of aryl methyl sites for hydroxylation is 1. The average molecular weight is 379 g/mol. The first kappa shape index (κ1) is 19.0. The van der Waals surface area contributed by atoms with E-state index in [2.05, 4.69) is 68.0 Å². The zero-order chi connectivity index (χ0) is 19.7. The van der Waals surface area contributed by atoms with Crippen LogP contribution in [-0.4, -0.2) is 48.2 Å². The molecule has 1 aromatic heterocycles. The standard InChI is InChI=1S/C23H30N4O/c1-5-17-11-27(25-23(17)22(6-2)16(3)4)21-9-7-20(8-10-21)26-12-18(13-26)24-19-14-28-15-19/h6-11,18-19,24H,2,5,12-15H2,1,3-4H3. The van der Waals surface area contributed by atoms with Crippen molar-refractivity contribution in [1.29, 1.82) is 0 Å². The van der Waals surface area contributed by atoms with Crippen molar-refractivity contribution in [3.63, 3.8) is 0 Å². The molecule has 4 rings (SSSR count). The number of anilines is 1. The Kier molecular flexibility index (Phi) is 5.38. The maximum Gasteiger partial charge on any atom is 0.0958 e. The molecule has 5 nitrogen and oxygen atoms in total. The molecule has 0 bridgehead atoms. The summed E-state index contributed by atoms with van der Waals surface area (Å²) in [6.07, 6.45) is 5.00. The molecule has 2 aliphatic rings. The van der Waals surface area contributed by atoms with E-state index in [1.165, 1.54) is 16.8 Å². The van der Waals surface area contributed by atoms with Gasteiger partial charge in [-0.15, -0.1) is 0 Å². The van der Waals surface area contributed by atoms with Crippen LogP contribution in [0.2, 0.25) is 0 Å². The van der Waals surface area contributed by atoms with Gasteiger partial charge in [-0.05, 0) is 50.1 Å². The molecular formula is C23H30N4O. The Balaban J connectivity index is 1.46. The molecule has 1 N–H and O–H groups in total. The Labute approximate surface area is 167 Å². The average Bonchev–Trinajstić information content (AvgIpc) is 3.04. The van der Waals surface area contributed by atoms with Crippen LogP contribution in [0.5, 0.6) is 0 Å². The lowest BCUT2D eigenvalue weighted by atomic mass is 10.0. The molecule has 0 saturated carbocycles. The van der Waals surface area contributed by atoms with Gasteiger partial charge in [0.05, 0.1) is 30.6 Å². The molecule has 0 aliphatic carbocycles. The van der Waals surface area contributed by atoms with Gasteiger partial charge in [-0.3, -0.25) is 0 Å². The van der Waals surface area contributed by atoms with Crippen LogP contribution in [0.25, 0.3) is 11.3 Å². The highest BCUT2D eigenvalue weighted by molar-refractivity contribution is 5.75. The van der Waals surface area contributed by atoms with Crippen molar-refractivity contribution in [3.05, 3.63) is 59.9 Å². The lowest BCUT2D eigenvalue weighted by Crippen LogP contribution is -2.63. The minimum atomic E-state index is 0.553. The van der Waals surface area contributed by atoms with E-state index in [0.717, 1.165) is 49.7 Å². The van der Waals surface area contributed by atoms with E-state index in [-0.39, 0.29) is 0 Å². The summed E-state index contributed by atoms with van der Waals surface area (Å²) >= 11 is 0. The predicted octanol–water partition coefficient (Wildman–Crippen LogP) is 3.59. The summed E-state index contributed by atoms with van der Waals surface area (Å²) in [7, 11) is 0. The molecule has 2 aromatic rings. The lowest BCUT2D eigenvalue weighted by molar-refractivity contribution is -0.0114. The van der Waals surface area contributed by atoms with Crippen LogP contribution in [0.1, 0.15) is 32.0 Å².